The van der Waals surface area contributed by atoms with Crippen molar-refractivity contribution in [1.29, 1.82) is 0 Å². The van der Waals surface area contributed by atoms with Crippen molar-refractivity contribution >= 4 is 5.91 Å². The van der Waals surface area contributed by atoms with Crippen molar-refractivity contribution < 1.29 is 19.1 Å². The molecule has 0 aliphatic carbocycles. The number of β-amino-alcohol motifs (C(OH)–C–C–N with tert-alkyl or cyclic N) is 1. The molecule has 0 radical (unpaired) electrons. The molecule has 29 heavy (non-hydrogen) atoms. The van der Waals surface area contributed by atoms with Crippen LogP contribution >= 0.6 is 0 Å². The van der Waals surface area contributed by atoms with Gasteiger partial charge in [-0.3, -0.25) is 19.5 Å². The Kier molecular flexibility index (Phi) is 8.43. The van der Waals surface area contributed by atoms with E-state index in [9.17, 15) is 9.90 Å². The fourth-order valence-electron chi connectivity index (χ4n) is 3.63. The Bertz CT molecular complexity index is 624. The quantitative estimate of drug-likeness (QED) is 0.583. The third-order valence-electron chi connectivity index (χ3n) is 5.32. The Morgan fingerprint density at radius 1 is 1.10 bits per heavy atom. The molecular formula is C20H35N5O4. The number of carbonyl (C=O) groups excluding carboxylic acids is 1. The van der Waals surface area contributed by atoms with Crippen molar-refractivity contribution in [2.24, 2.45) is 5.92 Å². The second kappa shape index (κ2) is 11.0. The Balaban J connectivity index is 1.36. The molecule has 0 saturated carbocycles. The first kappa shape index (κ1) is 22.2. The summed E-state index contributed by atoms with van der Waals surface area (Å²) in [5.41, 5.74) is 0.338. The van der Waals surface area contributed by atoms with Crippen LogP contribution in [0.1, 0.15) is 30.2 Å². The number of carbonyl (C=O) groups is 1. The summed E-state index contributed by atoms with van der Waals surface area (Å²) in [6.07, 6.45) is 1.10. The maximum atomic E-state index is 12.1. The SMILES string of the molecule is CC(C)CNC(=O)c1coc(CN2CCN(C[C@@H](O)CN3CCOCC3)CC2)n1. The topological polar surface area (TPSA) is 94.3 Å². The van der Waals surface area contributed by atoms with Gasteiger partial charge in [0.25, 0.3) is 5.91 Å². The highest BCUT2D eigenvalue weighted by molar-refractivity contribution is 5.91. The zero-order valence-corrected chi connectivity index (χ0v) is 17.7. The number of oxazole rings is 1. The minimum atomic E-state index is -0.335. The molecule has 2 aliphatic rings. The fourth-order valence-corrected chi connectivity index (χ4v) is 3.63. The van der Waals surface area contributed by atoms with Crippen molar-refractivity contribution in [3.8, 4) is 0 Å². The van der Waals surface area contributed by atoms with E-state index in [0.29, 0.717) is 43.7 Å². The number of amides is 1. The molecule has 3 heterocycles. The summed E-state index contributed by atoms with van der Waals surface area (Å²) < 4.78 is 10.8. The molecule has 9 nitrogen and oxygen atoms in total. The average Bonchev–Trinajstić information content (AvgIpc) is 3.17. The summed E-state index contributed by atoms with van der Waals surface area (Å²) in [7, 11) is 0. The van der Waals surface area contributed by atoms with Gasteiger partial charge in [0, 0.05) is 58.9 Å². The lowest BCUT2D eigenvalue weighted by Gasteiger charge is -2.36. The van der Waals surface area contributed by atoms with Gasteiger partial charge in [-0.2, -0.15) is 0 Å². The first-order valence-electron chi connectivity index (χ1n) is 10.6. The Morgan fingerprint density at radius 2 is 1.72 bits per heavy atom. The van der Waals surface area contributed by atoms with Gasteiger partial charge in [-0.05, 0) is 5.92 Å². The molecule has 2 saturated heterocycles. The standard InChI is InChI=1S/C20H35N5O4/c1-16(2)11-21-20(27)18-15-29-19(22-18)14-24-5-3-23(4-6-24)12-17(26)13-25-7-9-28-10-8-25/h15-17,26H,3-14H2,1-2H3,(H,21,27)/t17-/m1/s1. The molecular weight excluding hydrogens is 374 g/mol. The fraction of sp³-hybridized carbons (Fsp3) is 0.800. The molecule has 1 atom stereocenters. The van der Waals surface area contributed by atoms with Crippen LogP contribution in [0.4, 0.5) is 0 Å². The van der Waals surface area contributed by atoms with Gasteiger partial charge >= 0.3 is 0 Å². The highest BCUT2D eigenvalue weighted by atomic mass is 16.5. The molecule has 1 aromatic rings. The lowest BCUT2D eigenvalue weighted by atomic mass is 10.2. The van der Waals surface area contributed by atoms with Crippen LogP contribution < -0.4 is 5.32 Å². The number of aliphatic hydroxyl groups excluding tert-OH is 1. The minimum Gasteiger partial charge on any atom is -0.447 e. The third-order valence-corrected chi connectivity index (χ3v) is 5.32. The highest BCUT2D eigenvalue weighted by Crippen LogP contribution is 2.10. The normalized spacial score (nSPS) is 20.8. The van der Waals surface area contributed by atoms with E-state index in [-0.39, 0.29) is 12.0 Å². The number of ether oxygens (including phenoxy) is 1. The van der Waals surface area contributed by atoms with Gasteiger partial charge in [0.1, 0.15) is 6.26 Å². The maximum absolute atomic E-state index is 12.1. The molecule has 9 heteroatoms. The van der Waals surface area contributed by atoms with Gasteiger partial charge in [0.15, 0.2) is 5.69 Å². The molecule has 0 unspecified atom stereocenters. The van der Waals surface area contributed by atoms with Crippen molar-refractivity contribution in [1.82, 2.24) is 25.0 Å². The van der Waals surface area contributed by atoms with Crippen LogP contribution in [0.2, 0.25) is 0 Å². The third kappa shape index (κ3) is 7.35. The van der Waals surface area contributed by atoms with E-state index in [1.54, 1.807) is 0 Å². The van der Waals surface area contributed by atoms with Crippen LogP contribution in [-0.4, -0.2) is 109 Å². The van der Waals surface area contributed by atoms with Gasteiger partial charge in [-0.25, -0.2) is 4.98 Å². The Labute approximate surface area is 173 Å². The van der Waals surface area contributed by atoms with Gasteiger partial charge in [0.05, 0.1) is 25.9 Å². The first-order valence-corrected chi connectivity index (χ1v) is 10.6. The van der Waals surface area contributed by atoms with E-state index in [0.717, 1.165) is 52.5 Å². The highest BCUT2D eigenvalue weighted by Gasteiger charge is 2.22. The van der Waals surface area contributed by atoms with Gasteiger partial charge in [-0.1, -0.05) is 13.8 Å². The van der Waals surface area contributed by atoms with E-state index in [2.05, 4.69) is 38.8 Å². The average molecular weight is 410 g/mol. The molecule has 1 aromatic heterocycles. The largest absolute Gasteiger partial charge is 0.447 e. The minimum absolute atomic E-state index is 0.187. The summed E-state index contributed by atoms with van der Waals surface area (Å²) in [5.74, 6) is 0.780. The van der Waals surface area contributed by atoms with Crippen LogP contribution in [0.5, 0.6) is 0 Å². The molecule has 0 aromatic carbocycles. The lowest BCUT2D eigenvalue weighted by Crippen LogP contribution is -2.50. The summed E-state index contributed by atoms with van der Waals surface area (Å²) in [5, 5.41) is 13.2. The smallest absolute Gasteiger partial charge is 0.273 e. The molecule has 0 bridgehead atoms. The first-order chi connectivity index (χ1) is 14.0. The lowest BCUT2D eigenvalue weighted by molar-refractivity contribution is 0.00187. The predicted molar refractivity (Wildman–Crippen MR) is 109 cm³/mol. The molecule has 2 aliphatic heterocycles. The monoisotopic (exact) mass is 409 g/mol. The Morgan fingerprint density at radius 3 is 2.38 bits per heavy atom. The van der Waals surface area contributed by atoms with Crippen molar-refractivity contribution in [3.05, 3.63) is 17.8 Å². The Hall–Kier alpha value is -1.52. The van der Waals surface area contributed by atoms with Gasteiger partial charge in [-0.15, -0.1) is 0 Å². The number of hydrogen-bond acceptors (Lipinski definition) is 8. The van der Waals surface area contributed by atoms with Gasteiger partial charge in [0.2, 0.25) is 5.89 Å². The van der Waals surface area contributed by atoms with Crippen molar-refractivity contribution in [3.63, 3.8) is 0 Å². The zero-order chi connectivity index (χ0) is 20.6. The molecule has 1 amide bonds. The second-order valence-electron chi connectivity index (χ2n) is 8.37. The van der Waals surface area contributed by atoms with Crippen LogP contribution in [0, 0.1) is 5.92 Å². The van der Waals surface area contributed by atoms with E-state index in [1.165, 1.54) is 6.26 Å². The van der Waals surface area contributed by atoms with Crippen LogP contribution in [0.25, 0.3) is 0 Å². The summed E-state index contributed by atoms with van der Waals surface area (Å²) >= 11 is 0. The maximum Gasteiger partial charge on any atom is 0.273 e. The van der Waals surface area contributed by atoms with E-state index in [1.807, 2.05) is 0 Å². The zero-order valence-electron chi connectivity index (χ0n) is 17.7. The number of aromatic nitrogens is 1. The van der Waals surface area contributed by atoms with Crippen LogP contribution in [0.15, 0.2) is 10.7 Å². The number of piperazine rings is 1. The van der Waals surface area contributed by atoms with Crippen LogP contribution in [-0.2, 0) is 11.3 Å². The van der Waals surface area contributed by atoms with Crippen molar-refractivity contribution in [2.45, 2.75) is 26.5 Å². The second-order valence-corrected chi connectivity index (χ2v) is 8.37. The van der Waals surface area contributed by atoms with E-state index >= 15 is 0 Å². The number of hydrogen-bond donors (Lipinski definition) is 2. The summed E-state index contributed by atoms with van der Waals surface area (Å²) in [6, 6.07) is 0. The molecule has 2 N–H and O–H groups in total. The molecule has 164 valence electrons. The molecule has 2 fully saturated rings. The van der Waals surface area contributed by atoms with Crippen molar-refractivity contribution in [2.75, 3.05) is 72.1 Å². The van der Waals surface area contributed by atoms with Gasteiger partial charge < -0.3 is 19.6 Å². The number of aliphatic hydroxyl groups is 1. The summed E-state index contributed by atoms with van der Waals surface area (Å²) in [6.45, 7) is 13.6. The number of rotatable bonds is 9. The van der Waals surface area contributed by atoms with E-state index in [4.69, 9.17) is 9.15 Å². The number of nitrogens with one attached hydrogen (secondary N) is 1. The van der Waals surface area contributed by atoms with E-state index < -0.39 is 0 Å². The number of nitrogens with zero attached hydrogens (tertiary/aromatic N) is 4. The summed E-state index contributed by atoms with van der Waals surface area (Å²) in [4.78, 5) is 23.2. The number of morpholine rings is 1. The predicted octanol–water partition coefficient (Wildman–Crippen LogP) is -0.129. The molecule has 3 rings (SSSR count). The molecule has 0 spiro atoms. The van der Waals surface area contributed by atoms with Crippen LogP contribution in [0.3, 0.4) is 0 Å².